The van der Waals surface area contributed by atoms with Crippen LogP contribution in [0.25, 0.3) is 10.8 Å². The van der Waals surface area contributed by atoms with Crippen LogP contribution in [0.5, 0.6) is 5.75 Å². The van der Waals surface area contributed by atoms with Crippen LogP contribution < -0.4 is 4.74 Å². The molecule has 1 N–H and O–H groups in total. The van der Waals surface area contributed by atoms with Crippen molar-refractivity contribution in [1.82, 2.24) is 0 Å². The molecular weight excluding hydrogens is 328 g/mol. The van der Waals surface area contributed by atoms with Crippen molar-refractivity contribution in [2.75, 3.05) is 0 Å². The van der Waals surface area contributed by atoms with E-state index in [9.17, 15) is 9.59 Å². The topological polar surface area (TPSA) is 63.6 Å². The average molecular weight is 356 g/mol. The lowest BCUT2D eigenvalue weighted by molar-refractivity contribution is -0.137. The summed E-state index contributed by atoms with van der Waals surface area (Å²) in [6, 6.07) is 10.1. The monoisotopic (exact) mass is 356 g/mol. The molecule has 4 heteroatoms. The van der Waals surface area contributed by atoms with E-state index in [-0.39, 0.29) is 12.4 Å². The minimum atomic E-state index is -0.728. The smallest absolute Gasteiger partial charge is 0.311 e. The Morgan fingerprint density at radius 3 is 2.50 bits per heavy atom. The quantitative estimate of drug-likeness (QED) is 0.350. The lowest BCUT2D eigenvalue weighted by atomic mass is 9.94. The van der Waals surface area contributed by atoms with Gasteiger partial charge in [-0.3, -0.25) is 9.59 Å². The molecule has 0 amide bonds. The van der Waals surface area contributed by atoms with Crippen molar-refractivity contribution in [1.29, 1.82) is 0 Å². The van der Waals surface area contributed by atoms with Crippen LogP contribution in [0.4, 0.5) is 0 Å². The highest BCUT2D eigenvalue weighted by Crippen LogP contribution is 2.32. The van der Waals surface area contributed by atoms with Gasteiger partial charge < -0.3 is 9.84 Å². The molecule has 140 valence electrons. The molecule has 0 unspecified atom stereocenters. The number of aliphatic carboxylic acids is 1. The normalized spacial score (nSPS) is 10.8. The number of carboxylic acids is 1. The molecule has 0 aliphatic heterocycles. The highest BCUT2D eigenvalue weighted by Gasteiger charge is 2.13. The summed E-state index contributed by atoms with van der Waals surface area (Å²) in [6.07, 6.45) is 5.99. The highest BCUT2D eigenvalue weighted by atomic mass is 16.5. The molecule has 0 spiro atoms. The van der Waals surface area contributed by atoms with Gasteiger partial charge in [-0.05, 0) is 60.6 Å². The number of carbonyl (C=O) groups excluding carboxylic acids is 1. The van der Waals surface area contributed by atoms with Crippen molar-refractivity contribution in [3.05, 3.63) is 41.5 Å². The predicted molar refractivity (Wildman–Crippen MR) is 104 cm³/mol. The summed E-state index contributed by atoms with van der Waals surface area (Å²) >= 11 is 0. The molecule has 0 saturated carbocycles. The molecule has 0 fully saturated rings. The first kappa shape index (κ1) is 20.0. The highest BCUT2D eigenvalue weighted by molar-refractivity contribution is 5.89. The zero-order valence-corrected chi connectivity index (χ0v) is 15.7. The Hall–Kier alpha value is -2.36. The second kappa shape index (κ2) is 9.95. The van der Waals surface area contributed by atoms with Gasteiger partial charge in [-0.2, -0.15) is 0 Å². The van der Waals surface area contributed by atoms with E-state index < -0.39 is 5.97 Å². The molecule has 0 atom stereocenters. The second-order valence-electron chi connectivity index (χ2n) is 6.73. The second-order valence-corrected chi connectivity index (χ2v) is 6.73. The fourth-order valence-corrected chi connectivity index (χ4v) is 3.24. The molecule has 2 aromatic carbocycles. The number of hydrogen-bond acceptors (Lipinski definition) is 3. The number of ether oxygens (including phenoxy) is 1. The predicted octanol–water partition coefficient (Wildman–Crippen LogP) is 5.43. The average Bonchev–Trinajstić information content (AvgIpc) is 2.60. The van der Waals surface area contributed by atoms with E-state index >= 15 is 0 Å². The maximum atomic E-state index is 11.9. The van der Waals surface area contributed by atoms with Crippen LogP contribution >= 0.6 is 0 Å². The number of carbonyl (C=O) groups is 2. The third-order valence-corrected chi connectivity index (χ3v) is 4.64. The Kier molecular flexibility index (Phi) is 7.64. The molecular formula is C22H28O4. The van der Waals surface area contributed by atoms with E-state index in [1.165, 1.54) is 10.9 Å². The van der Waals surface area contributed by atoms with Crippen LogP contribution in [-0.2, 0) is 16.0 Å². The zero-order chi connectivity index (χ0) is 18.9. The molecule has 0 saturated heterocycles. The molecule has 0 bridgehead atoms. The Balaban J connectivity index is 2.13. The summed E-state index contributed by atoms with van der Waals surface area (Å²) in [5.74, 6) is -0.262. The molecule has 0 aromatic heterocycles. The molecule has 0 aliphatic carbocycles. The van der Waals surface area contributed by atoms with Gasteiger partial charge in [-0.1, -0.05) is 44.0 Å². The summed E-state index contributed by atoms with van der Waals surface area (Å²) in [7, 11) is 0. The molecule has 0 heterocycles. The first-order valence-corrected chi connectivity index (χ1v) is 9.46. The maximum absolute atomic E-state index is 11.9. The van der Waals surface area contributed by atoms with Crippen LogP contribution in [-0.4, -0.2) is 17.0 Å². The van der Waals surface area contributed by atoms with Gasteiger partial charge in [0.05, 0.1) is 0 Å². The van der Waals surface area contributed by atoms with Gasteiger partial charge in [0, 0.05) is 12.8 Å². The number of esters is 1. The number of unbranched alkanes of at least 4 members (excludes halogenated alkanes) is 3. The zero-order valence-electron chi connectivity index (χ0n) is 15.7. The fourth-order valence-electron chi connectivity index (χ4n) is 3.24. The maximum Gasteiger partial charge on any atom is 0.311 e. The van der Waals surface area contributed by atoms with Crippen molar-refractivity contribution < 1.29 is 19.4 Å². The van der Waals surface area contributed by atoms with Gasteiger partial charge in [0.1, 0.15) is 5.75 Å². The van der Waals surface area contributed by atoms with Crippen LogP contribution in [0.2, 0.25) is 0 Å². The molecule has 2 rings (SSSR count). The third kappa shape index (κ3) is 5.58. The van der Waals surface area contributed by atoms with Gasteiger partial charge in [0.25, 0.3) is 0 Å². The van der Waals surface area contributed by atoms with Crippen molar-refractivity contribution in [3.63, 3.8) is 0 Å². The Bertz CT molecular complexity index is 764. The molecule has 2 aromatic rings. The minimum Gasteiger partial charge on any atom is -0.481 e. The molecule has 26 heavy (non-hydrogen) atoms. The largest absolute Gasteiger partial charge is 0.481 e. The summed E-state index contributed by atoms with van der Waals surface area (Å²) < 4.78 is 5.60. The Labute approximate surface area is 155 Å². The Morgan fingerprint density at radius 1 is 1.04 bits per heavy atom. The van der Waals surface area contributed by atoms with E-state index in [0.29, 0.717) is 12.2 Å². The summed E-state index contributed by atoms with van der Waals surface area (Å²) in [6.45, 7) is 3.98. The summed E-state index contributed by atoms with van der Waals surface area (Å²) in [5, 5.41) is 11.0. The van der Waals surface area contributed by atoms with Crippen LogP contribution in [0, 0.1) is 6.92 Å². The number of rotatable bonds is 10. The van der Waals surface area contributed by atoms with E-state index in [2.05, 4.69) is 6.07 Å². The van der Waals surface area contributed by atoms with E-state index in [1.807, 2.05) is 38.1 Å². The lowest BCUT2D eigenvalue weighted by Gasteiger charge is -2.15. The van der Waals surface area contributed by atoms with Gasteiger partial charge in [0.15, 0.2) is 0 Å². The van der Waals surface area contributed by atoms with E-state index in [4.69, 9.17) is 9.84 Å². The van der Waals surface area contributed by atoms with E-state index in [1.54, 1.807) is 0 Å². The first-order valence-electron chi connectivity index (χ1n) is 9.46. The van der Waals surface area contributed by atoms with Crippen molar-refractivity contribution in [2.24, 2.45) is 0 Å². The number of hydrogen-bond donors (Lipinski definition) is 1. The lowest BCUT2D eigenvalue weighted by Crippen LogP contribution is -2.09. The van der Waals surface area contributed by atoms with Gasteiger partial charge in [0.2, 0.25) is 0 Å². The molecule has 0 radical (unpaired) electrons. The van der Waals surface area contributed by atoms with Crippen LogP contribution in [0.1, 0.15) is 63.0 Å². The standard InChI is InChI=1S/C22H28O4/c1-3-10-22(25)26-20-15-17-11-8-9-13-19(17)18(16(20)2)12-6-4-5-7-14-21(23)24/h8-9,11,13,15H,3-7,10,12,14H2,1-2H3,(H,23,24). The Morgan fingerprint density at radius 2 is 1.77 bits per heavy atom. The van der Waals surface area contributed by atoms with Crippen molar-refractivity contribution in [2.45, 2.75) is 65.2 Å². The van der Waals surface area contributed by atoms with Crippen molar-refractivity contribution >= 4 is 22.7 Å². The minimum absolute atomic E-state index is 0.189. The van der Waals surface area contributed by atoms with Crippen molar-refractivity contribution in [3.8, 4) is 5.75 Å². The van der Waals surface area contributed by atoms with Gasteiger partial charge in [-0.25, -0.2) is 0 Å². The van der Waals surface area contributed by atoms with Gasteiger partial charge in [-0.15, -0.1) is 0 Å². The molecule has 0 aliphatic rings. The van der Waals surface area contributed by atoms with Crippen LogP contribution in [0.15, 0.2) is 30.3 Å². The van der Waals surface area contributed by atoms with E-state index in [0.717, 1.165) is 49.5 Å². The number of fused-ring (bicyclic) bond motifs is 1. The number of aryl methyl sites for hydroxylation is 1. The van der Waals surface area contributed by atoms with Gasteiger partial charge >= 0.3 is 11.9 Å². The number of benzene rings is 2. The SMILES string of the molecule is CCCC(=O)Oc1cc2ccccc2c(CCCCCCC(=O)O)c1C. The third-order valence-electron chi connectivity index (χ3n) is 4.64. The first-order chi connectivity index (χ1) is 12.5. The summed E-state index contributed by atoms with van der Waals surface area (Å²) in [4.78, 5) is 22.5. The summed E-state index contributed by atoms with van der Waals surface area (Å²) in [5.41, 5.74) is 2.25. The molecule has 4 nitrogen and oxygen atoms in total. The fraction of sp³-hybridized carbons (Fsp3) is 0.455. The number of carboxylic acid groups (broad SMARTS) is 1. The van der Waals surface area contributed by atoms with Crippen LogP contribution in [0.3, 0.4) is 0 Å².